The van der Waals surface area contributed by atoms with Crippen LogP contribution in [0.3, 0.4) is 0 Å². The zero-order valence-corrected chi connectivity index (χ0v) is 15.6. The molecule has 0 fully saturated rings. The van der Waals surface area contributed by atoms with Crippen LogP contribution in [0, 0.1) is 11.3 Å². The molecule has 1 aliphatic rings. The van der Waals surface area contributed by atoms with E-state index in [1.807, 2.05) is 0 Å². The van der Waals surface area contributed by atoms with Crippen molar-refractivity contribution in [2.75, 3.05) is 0 Å². The molecule has 0 saturated heterocycles. The third-order valence-electron chi connectivity index (χ3n) is 4.88. The Morgan fingerprint density at radius 3 is 2.19 bits per heavy atom. The zero-order chi connectivity index (χ0) is 16.1. The summed E-state index contributed by atoms with van der Waals surface area (Å²) in [7, 11) is 0. The summed E-state index contributed by atoms with van der Waals surface area (Å²) < 4.78 is 0. The third kappa shape index (κ3) is 5.30. The molecule has 21 heavy (non-hydrogen) atoms. The van der Waals surface area contributed by atoms with Crippen molar-refractivity contribution in [2.24, 2.45) is 16.3 Å². The van der Waals surface area contributed by atoms with E-state index in [-0.39, 0.29) is 11.0 Å². The molecule has 1 N–H and O–H groups in total. The zero-order valence-electron chi connectivity index (χ0n) is 15.6. The maximum absolute atomic E-state index is 5.05. The Hall–Kier alpha value is -0.530. The molecule has 0 radical (unpaired) electrons. The van der Waals surface area contributed by atoms with Crippen molar-refractivity contribution >= 4 is 5.84 Å². The number of aliphatic imine (C=N–C) groups is 1. The molecule has 1 unspecified atom stereocenters. The van der Waals surface area contributed by atoms with E-state index >= 15 is 0 Å². The second-order valence-corrected chi connectivity index (χ2v) is 8.41. The fraction of sp³-hybridized carbons (Fsp3) is 0.947. The summed E-state index contributed by atoms with van der Waals surface area (Å²) in [5.41, 5.74) is 0.285. The molecule has 0 aliphatic carbocycles. The van der Waals surface area contributed by atoms with Crippen LogP contribution in [0.1, 0.15) is 93.4 Å². The predicted molar refractivity (Wildman–Crippen MR) is 95.0 cm³/mol. The van der Waals surface area contributed by atoms with E-state index < -0.39 is 0 Å². The highest BCUT2D eigenvalue weighted by Crippen LogP contribution is 2.33. The van der Waals surface area contributed by atoms with E-state index in [9.17, 15) is 0 Å². The summed E-state index contributed by atoms with van der Waals surface area (Å²) >= 11 is 0. The second-order valence-electron chi connectivity index (χ2n) is 8.41. The molecule has 1 aliphatic heterocycles. The number of amidine groups is 1. The molecule has 0 aromatic heterocycles. The summed E-state index contributed by atoms with van der Waals surface area (Å²) in [4.78, 5) is 5.05. The standard InChI is InChI=1S/C19H38N2/c1-8-9-10-11-12-13-14-18(4,5)17-20-16(15(2)3)19(6,7)21-17/h15-16H,8-14H2,1-7H3,(H,20,21). The summed E-state index contributed by atoms with van der Waals surface area (Å²) in [6, 6.07) is 0.399. The van der Waals surface area contributed by atoms with Crippen LogP contribution >= 0.6 is 0 Å². The molecule has 0 aromatic carbocycles. The number of hydrogen-bond donors (Lipinski definition) is 1. The van der Waals surface area contributed by atoms with Gasteiger partial charge in [-0.15, -0.1) is 0 Å². The van der Waals surface area contributed by atoms with Gasteiger partial charge in [0.25, 0.3) is 0 Å². The molecule has 124 valence electrons. The van der Waals surface area contributed by atoms with Gasteiger partial charge in [0.15, 0.2) is 0 Å². The average Bonchev–Trinajstić information content (AvgIpc) is 2.70. The average molecular weight is 295 g/mol. The molecule has 0 aromatic rings. The minimum absolute atomic E-state index is 0.0991. The van der Waals surface area contributed by atoms with Crippen molar-refractivity contribution in [3.8, 4) is 0 Å². The van der Waals surface area contributed by atoms with Crippen molar-refractivity contribution < 1.29 is 0 Å². The molecule has 2 nitrogen and oxygen atoms in total. The van der Waals surface area contributed by atoms with Crippen molar-refractivity contribution in [1.29, 1.82) is 0 Å². The van der Waals surface area contributed by atoms with Gasteiger partial charge in [-0.2, -0.15) is 0 Å². The van der Waals surface area contributed by atoms with Crippen LogP contribution < -0.4 is 5.32 Å². The fourth-order valence-corrected chi connectivity index (χ4v) is 3.50. The van der Waals surface area contributed by atoms with E-state index in [1.54, 1.807) is 0 Å². The van der Waals surface area contributed by atoms with Gasteiger partial charge in [0.2, 0.25) is 0 Å². The maximum atomic E-state index is 5.05. The molecule has 0 spiro atoms. The van der Waals surface area contributed by atoms with Gasteiger partial charge in [-0.05, 0) is 26.2 Å². The van der Waals surface area contributed by atoms with Gasteiger partial charge in [0, 0.05) is 5.41 Å². The van der Waals surface area contributed by atoms with E-state index in [2.05, 4.69) is 53.8 Å². The first-order valence-corrected chi connectivity index (χ1v) is 9.07. The van der Waals surface area contributed by atoms with Gasteiger partial charge < -0.3 is 5.32 Å². The van der Waals surface area contributed by atoms with Gasteiger partial charge in [0.05, 0.1) is 11.6 Å². The lowest BCUT2D eigenvalue weighted by Crippen LogP contribution is -2.49. The Kier molecular flexibility index (Phi) is 6.74. The largest absolute Gasteiger partial charge is 0.366 e. The molecule has 0 amide bonds. The molecular formula is C19H38N2. The lowest BCUT2D eigenvalue weighted by atomic mass is 9.84. The Balaban J connectivity index is 2.49. The number of nitrogens with one attached hydrogen (secondary N) is 1. The highest BCUT2D eigenvalue weighted by atomic mass is 15.2. The van der Waals surface area contributed by atoms with E-state index in [1.165, 1.54) is 50.8 Å². The topological polar surface area (TPSA) is 24.4 Å². The molecule has 1 atom stereocenters. The van der Waals surface area contributed by atoms with Crippen LogP contribution in [0.2, 0.25) is 0 Å². The molecule has 0 saturated carbocycles. The first kappa shape index (κ1) is 18.5. The highest BCUT2D eigenvalue weighted by Gasteiger charge is 2.41. The monoisotopic (exact) mass is 294 g/mol. The Labute approximate surface area is 133 Å². The van der Waals surface area contributed by atoms with E-state index in [0.29, 0.717) is 12.0 Å². The molecule has 0 bridgehead atoms. The summed E-state index contributed by atoms with van der Waals surface area (Å²) in [6.07, 6.45) is 9.45. The molecule has 2 heteroatoms. The number of nitrogens with zero attached hydrogens (tertiary/aromatic N) is 1. The van der Waals surface area contributed by atoms with Crippen LogP contribution in [-0.4, -0.2) is 17.4 Å². The van der Waals surface area contributed by atoms with Gasteiger partial charge in [0.1, 0.15) is 5.84 Å². The van der Waals surface area contributed by atoms with Crippen LogP contribution in [-0.2, 0) is 0 Å². The van der Waals surface area contributed by atoms with Crippen molar-refractivity contribution in [2.45, 2.75) is 105 Å². The fourth-order valence-electron chi connectivity index (χ4n) is 3.50. The smallest absolute Gasteiger partial charge is 0.103 e. The highest BCUT2D eigenvalue weighted by molar-refractivity contribution is 5.90. The van der Waals surface area contributed by atoms with Crippen LogP contribution in [0.25, 0.3) is 0 Å². The SMILES string of the molecule is CCCCCCCCC(C)(C)C1=NC(C(C)C)C(C)(C)N1. The minimum Gasteiger partial charge on any atom is -0.366 e. The van der Waals surface area contributed by atoms with Crippen LogP contribution in [0.15, 0.2) is 4.99 Å². The summed E-state index contributed by atoms with van der Waals surface area (Å²) in [5, 5.41) is 3.71. The Bertz CT molecular complexity index is 339. The van der Waals surface area contributed by atoms with Crippen molar-refractivity contribution in [3.05, 3.63) is 0 Å². The summed E-state index contributed by atoms with van der Waals surface area (Å²) in [6.45, 7) is 16.1. The minimum atomic E-state index is 0.0991. The molecular weight excluding hydrogens is 256 g/mol. The quantitative estimate of drug-likeness (QED) is 0.552. The van der Waals surface area contributed by atoms with E-state index in [0.717, 1.165) is 0 Å². The van der Waals surface area contributed by atoms with E-state index in [4.69, 9.17) is 4.99 Å². The van der Waals surface area contributed by atoms with Gasteiger partial charge in [-0.25, -0.2) is 0 Å². The number of rotatable bonds is 9. The molecule has 1 heterocycles. The number of hydrogen-bond acceptors (Lipinski definition) is 2. The maximum Gasteiger partial charge on any atom is 0.103 e. The second kappa shape index (κ2) is 7.65. The van der Waals surface area contributed by atoms with Crippen LogP contribution in [0.5, 0.6) is 0 Å². The van der Waals surface area contributed by atoms with Gasteiger partial charge in [-0.3, -0.25) is 4.99 Å². The molecule has 1 rings (SSSR count). The Morgan fingerprint density at radius 1 is 1.10 bits per heavy atom. The van der Waals surface area contributed by atoms with Crippen LogP contribution in [0.4, 0.5) is 0 Å². The normalized spacial score (nSPS) is 21.5. The Morgan fingerprint density at radius 2 is 1.67 bits per heavy atom. The lowest BCUT2D eigenvalue weighted by Gasteiger charge is -2.31. The number of unbranched alkanes of at least 4 members (excludes halogenated alkanes) is 5. The summed E-state index contributed by atoms with van der Waals surface area (Å²) in [5.74, 6) is 1.83. The van der Waals surface area contributed by atoms with Gasteiger partial charge in [-0.1, -0.05) is 73.1 Å². The first-order valence-electron chi connectivity index (χ1n) is 9.07. The predicted octanol–water partition coefficient (Wildman–Crippen LogP) is 5.57. The van der Waals surface area contributed by atoms with Crippen molar-refractivity contribution in [1.82, 2.24) is 5.32 Å². The van der Waals surface area contributed by atoms with Crippen molar-refractivity contribution in [3.63, 3.8) is 0 Å². The van der Waals surface area contributed by atoms with Gasteiger partial charge >= 0.3 is 0 Å². The first-order chi connectivity index (χ1) is 9.70. The third-order valence-corrected chi connectivity index (χ3v) is 4.88. The lowest BCUT2D eigenvalue weighted by molar-refractivity contribution is 0.327.